The van der Waals surface area contributed by atoms with Crippen LogP contribution >= 0.6 is 24.0 Å². The molecule has 9 nitrogen and oxygen atoms in total. The summed E-state index contributed by atoms with van der Waals surface area (Å²) in [5.74, 6) is -0.122. The minimum atomic E-state index is -0.731. The number of thiocarbonyl (C=S) groups is 1. The van der Waals surface area contributed by atoms with Gasteiger partial charge >= 0.3 is 5.97 Å². The number of unbranched alkanes of at least 4 members (excludes halogenated alkanes) is 8. The number of carboxylic acids is 1. The van der Waals surface area contributed by atoms with E-state index in [1.165, 1.54) is 11.8 Å². The normalized spacial score (nSPS) is 19.8. The molecule has 3 rings (SSSR count). The van der Waals surface area contributed by atoms with E-state index in [0.29, 0.717) is 41.0 Å². The quantitative estimate of drug-likeness (QED) is 0.129. The van der Waals surface area contributed by atoms with Crippen LogP contribution in [0.5, 0.6) is 0 Å². The highest BCUT2D eigenvalue weighted by molar-refractivity contribution is 8.26. The van der Waals surface area contributed by atoms with Crippen LogP contribution in [-0.2, 0) is 20.9 Å². The van der Waals surface area contributed by atoms with Crippen LogP contribution in [0.4, 0.5) is 5.82 Å². The maximum Gasteiger partial charge on any atom is 0.303 e. The highest BCUT2D eigenvalue weighted by atomic mass is 32.2. The molecule has 0 bridgehead atoms. The molecule has 43 heavy (non-hydrogen) atoms. The second-order valence-electron chi connectivity index (χ2n) is 11.6. The van der Waals surface area contributed by atoms with E-state index in [4.69, 9.17) is 22.1 Å². The Morgan fingerprint density at radius 1 is 1.05 bits per heavy atom. The number of anilines is 1. The number of hydrogen-bond acceptors (Lipinski definition) is 8. The van der Waals surface area contributed by atoms with Gasteiger partial charge in [0.15, 0.2) is 0 Å². The number of amides is 1. The molecule has 236 valence electrons. The molecule has 0 spiro atoms. The lowest BCUT2D eigenvalue weighted by atomic mass is 10.0. The number of hydrogen-bond donors (Lipinski definition) is 1. The minimum absolute atomic E-state index is 0.0302. The Balaban J connectivity index is 1.78. The molecule has 11 heteroatoms. The van der Waals surface area contributed by atoms with Gasteiger partial charge in [0.1, 0.15) is 21.8 Å². The standard InChI is InChI=1S/C32H46N4O5S2/c1-5-6-16-35-29(34-20-22(2)41-23(3)21-34)25(24(4)26(19-33)30(35)39)18-27-31(40)36(32(42)43-27)17-14-12-10-8-7-9-11-13-15-28(37)38/h18,22-23H,5-17,20-21H2,1-4H3,(H,37,38)/b27-18-. The summed E-state index contributed by atoms with van der Waals surface area (Å²) in [5, 5.41) is 18.7. The molecular weight excluding hydrogens is 585 g/mol. The summed E-state index contributed by atoms with van der Waals surface area (Å²) in [6, 6.07) is 2.13. The zero-order chi connectivity index (χ0) is 31.5. The Bertz CT molecular complexity index is 1290. The summed E-state index contributed by atoms with van der Waals surface area (Å²) in [4.78, 5) is 42.0. The van der Waals surface area contributed by atoms with Crippen LogP contribution in [0.3, 0.4) is 0 Å². The summed E-state index contributed by atoms with van der Waals surface area (Å²) >= 11 is 6.89. The van der Waals surface area contributed by atoms with E-state index in [1.54, 1.807) is 16.4 Å². The van der Waals surface area contributed by atoms with Gasteiger partial charge < -0.3 is 14.7 Å². The molecular formula is C32H46N4O5S2. The molecule has 2 atom stereocenters. The van der Waals surface area contributed by atoms with Crippen molar-refractivity contribution in [2.24, 2.45) is 0 Å². The highest BCUT2D eigenvalue weighted by Crippen LogP contribution is 2.36. The smallest absolute Gasteiger partial charge is 0.303 e. The predicted molar refractivity (Wildman–Crippen MR) is 176 cm³/mol. The third-order valence-electron chi connectivity index (χ3n) is 7.97. The Kier molecular flexibility index (Phi) is 13.7. The van der Waals surface area contributed by atoms with Gasteiger partial charge in [-0.1, -0.05) is 75.8 Å². The van der Waals surface area contributed by atoms with Gasteiger partial charge in [-0.25, -0.2) is 0 Å². The molecule has 2 aliphatic heterocycles. The highest BCUT2D eigenvalue weighted by Gasteiger charge is 2.34. The molecule has 2 unspecified atom stereocenters. The number of morpholine rings is 1. The van der Waals surface area contributed by atoms with Gasteiger partial charge in [-0.3, -0.25) is 23.9 Å². The number of pyridine rings is 1. The number of carboxylic acid groups (broad SMARTS) is 1. The molecule has 1 aromatic heterocycles. The third-order valence-corrected chi connectivity index (χ3v) is 9.35. The second kappa shape index (κ2) is 17.0. The second-order valence-corrected chi connectivity index (χ2v) is 13.3. The van der Waals surface area contributed by atoms with Crippen LogP contribution in [-0.4, -0.2) is 62.6 Å². The van der Waals surface area contributed by atoms with Gasteiger partial charge in [-0.2, -0.15) is 5.26 Å². The third kappa shape index (κ3) is 9.40. The minimum Gasteiger partial charge on any atom is -0.481 e. The van der Waals surface area contributed by atoms with E-state index in [0.717, 1.165) is 75.6 Å². The molecule has 1 N–H and O–H groups in total. The number of ether oxygens (including phenoxy) is 1. The van der Waals surface area contributed by atoms with Gasteiger partial charge in [0.05, 0.1) is 17.1 Å². The first-order valence-electron chi connectivity index (χ1n) is 15.6. The monoisotopic (exact) mass is 630 g/mol. The van der Waals surface area contributed by atoms with E-state index in [-0.39, 0.29) is 35.7 Å². The Hall–Kier alpha value is -2.68. The van der Waals surface area contributed by atoms with Crippen LogP contribution in [0.25, 0.3) is 6.08 Å². The summed E-state index contributed by atoms with van der Waals surface area (Å²) in [7, 11) is 0. The van der Waals surface area contributed by atoms with Gasteiger partial charge in [0.25, 0.3) is 11.5 Å². The summed E-state index contributed by atoms with van der Waals surface area (Å²) in [6.07, 6.45) is 11.6. The van der Waals surface area contributed by atoms with E-state index < -0.39 is 5.97 Å². The van der Waals surface area contributed by atoms with Crippen LogP contribution < -0.4 is 10.5 Å². The van der Waals surface area contributed by atoms with Crippen molar-refractivity contribution in [1.82, 2.24) is 9.47 Å². The van der Waals surface area contributed by atoms with E-state index in [2.05, 4.69) is 17.9 Å². The fourth-order valence-corrected chi connectivity index (χ4v) is 7.08. The first kappa shape index (κ1) is 34.8. The van der Waals surface area contributed by atoms with Crippen molar-refractivity contribution in [3.63, 3.8) is 0 Å². The summed E-state index contributed by atoms with van der Waals surface area (Å²) in [6.45, 7) is 10.1. The lowest BCUT2D eigenvalue weighted by molar-refractivity contribution is -0.137. The molecule has 0 aromatic carbocycles. The molecule has 3 heterocycles. The predicted octanol–water partition coefficient (Wildman–Crippen LogP) is 6.24. The van der Waals surface area contributed by atoms with Crippen LogP contribution in [0.2, 0.25) is 0 Å². The summed E-state index contributed by atoms with van der Waals surface area (Å²) < 4.78 is 8.23. The number of aliphatic carboxylic acids is 1. The number of rotatable bonds is 16. The molecule has 1 amide bonds. The first-order chi connectivity index (χ1) is 20.6. The molecule has 0 saturated carbocycles. The fraction of sp³-hybridized carbons (Fsp3) is 0.656. The number of carbonyl (C=O) groups excluding carboxylic acids is 1. The van der Waals surface area contributed by atoms with E-state index in [1.807, 2.05) is 19.9 Å². The van der Waals surface area contributed by atoms with Crippen molar-refractivity contribution in [3.8, 4) is 6.07 Å². The van der Waals surface area contributed by atoms with Crippen LogP contribution in [0, 0.1) is 18.3 Å². The first-order valence-corrected chi connectivity index (χ1v) is 16.9. The molecule has 2 fully saturated rings. The van der Waals surface area contributed by atoms with Crippen LogP contribution in [0.15, 0.2) is 9.70 Å². The number of thioether (sulfide) groups is 1. The Morgan fingerprint density at radius 3 is 2.23 bits per heavy atom. The number of nitrogens with zero attached hydrogens (tertiary/aromatic N) is 4. The van der Waals surface area contributed by atoms with Gasteiger partial charge in [0, 0.05) is 38.2 Å². The van der Waals surface area contributed by atoms with Crippen molar-refractivity contribution in [2.45, 2.75) is 117 Å². The van der Waals surface area contributed by atoms with Crippen molar-refractivity contribution >= 4 is 52.1 Å². The average molecular weight is 631 g/mol. The average Bonchev–Trinajstić information content (AvgIpc) is 3.21. The zero-order valence-electron chi connectivity index (χ0n) is 26.0. The van der Waals surface area contributed by atoms with Crippen molar-refractivity contribution < 1.29 is 19.4 Å². The Labute approximate surface area is 265 Å². The zero-order valence-corrected chi connectivity index (χ0v) is 27.7. The molecule has 1 aromatic rings. The largest absolute Gasteiger partial charge is 0.481 e. The summed E-state index contributed by atoms with van der Waals surface area (Å²) in [5.41, 5.74) is 1.12. The SMILES string of the molecule is CCCCn1c(N2CC(C)OC(C)C2)c(/C=C2\SC(=S)N(CCCCCCCCCCC(=O)O)C2=O)c(C)c(C#N)c1=O. The lowest BCUT2D eigenvalue weighted by Gasteiger charge is -2.39. The van der Waals surface area contributed by atoms with Gasteiger partial charge in [-0.15, -0.1) is 0 Å². The maximum atomic E-state index is 13.6. The van der Waals surface area contributed by atoms with E-state index >= 15 is 0 Å². The number of aromatic nitrogens is 1. The lowest BCUT2D eigenvalue weighted by Crippen LogP contribution is -2.48. The Morgan fingerprint density at radius 2 is 1.65 bits per heavy atom. The molecule has 0 aliphatic carbocycles. The number of carbonyl (C=O) groups is 2. The van der Waals surface area contributed by atoms with Crippen molar-refractivity contribution in [2.75, 3.05) is 24.5 Å². The van der Waals surface area contributed by atoms with Gasteiger partial charge in [0.2, 0.25) is 0 Å². The van der Waals surface area contributed by atoms with Crippen molar-refractivity contribution in [3.05, 3.63) is 31.9 Å². The fourth-order valence-electron chi connectivity index (χ4n) is 5.79. The maximum absolute atomic E-state index is 13.6. The molecule has 2 saturated heterocycles. The molecule has 2 aliphatic rings. The topological polar surface area (TPSA) is 116 Å². The number of nitriles is 1. The van der Waals surface area contributed by atoms with Gasteiger partial charge in [-0.05, 0) is 51.7 Å². The van der Waals surface area contributed by atoms with E-state index in [9.17, 15) is 19.6 Å². The molecule has 0 radical (unpaired) electrons. The van der Waals surface area contributed by atoms with Crippen molar-refractivity contribution in [1.29, 1.82) is 5.26 Å². The van der Waals surface area contributed by atoms with Crippen LogP contribution in [0.1, 0.15) is 108 Å².